The molecule has 1 aromatic rings. The van der Waals surface area contributed by atoms with Crippen LogP contribution in [0.4, 0.5) is 4.39 Å². The minimum atomic E-state index is -1.61. The van der Waals surface area contributed by atoms with Crippen molar-refractivity contribution in [1.29, 1.82) is 0 Å². The highest BCUT2D eigenvalue weighted by molar-refractivity contribution is 6.45. The number of carbonyl (C=O) groups excluding carboxylic acids is 1. The van der Waals surface area contributed by atoms with Crippen LogP contribution < -0.4 is 0 Å². The zero-order chi connectivity index (χ0) is 10.9. The van der Waals surface area contributed by atoms with E-state index in [1.165, 1.54) is 6.92 Å². The van der Waals surface area contributed by atoms with E-state index in [0.717, 1.165) is 12.1 Å². The van der Waals surface area contributed by atoms with Gasteiger partial charge in [-0.2, -0.15) is 0 Å². The number of ketones is 1. The normalized spacial score (nSPS) is 9.93. The molecule has 0 aliphatic rings. The average Bonchev–Trinajstić information content (AvgIpc) is 2.10. The molecular weight excluding hydrogens is 211 g/mol. The van der Waals surface area contributed by atoms with Gasteiger partial charge in [0.25, 0.3) is 5.78 Å². The van der Waals surface area contributed by atoms with Gasteiger partial charge in [-0.05, 0) is 24.6 Å². The summed E-state index contributed by atoms with van der Waals surface area (Å²) in [6, 6.07) is 2.04. The van der Waals surface area contributed by atoms with Gasteiger partial charge >= 0.3 is 5.97 Å². The number of rotatable bonds is 2. The fourth-order valence-corrected chi connectivity index (χ4v) is 1.18. The summed E-state index contributed by atoms with van der Waals surface area (Å²) in [4.78, 5) is 21.4. The van der Waals surface area contributed by atoms with Gasteiger partial charge in [0.15, 0.2) is 0 Å². The fraction of sp³-hybridized carbons (Fsp3) is 0.111. The first kappa shape index (κ1) is 10.7. The number of carboxylic acid groups (broad SMARTS) is 1. The van der Waals surface area contributed by atoms with E-state index in [0.29, 0.717) is 0 Å². The molecule has 1 rings (SSSR count). The Morgan fingerprint density at radius 3 is 2.50 bits per heavy atom. The van der Waals surface area contributed by atoms with Crippen molar-refractivity contribution in [3.8, 4) is 0 Å². The van der Waals surface area contributed by atoms with E-state index in [1.54, 1.807) is 0 Å². The molecule has 74 valence electrons. The molecule has 0 amide bonds. The number of carboxylic acids is 1. The predicted molar refractivity (Wildman–Crippen MR) is 48.1 cm³/mol. The molecule has 0 aromatic heterocycles. The van der Waals surface area contributed by atoms with Crippen molar-refractivity contribution in [3.63, 3.8) is 0 Å². The standard InChI is InChI=1S/C9H6ClFO3/c1-4-2-5(8(12)9(13)14)6(10)3-7(4)11/h2-3H,1H3,(H,13,14). The first-order valence-electron chi connectivity index (χ1n) is 3.66. The van der Waals surface area contributed by atoms with Crippen molar-refractivity contribution >= 4 is 23.4 Å². The Bertz CT molecular complexity index is 415. The molecule has 5 heteroatoms. The van der Waals surface area contributed by atoms with Gasteiger partial charge in [0.2, 0.25) is 0 Å². The number of halogens is 2. The fourth-order valence-electron chi connectivity index (χ4n) is 0.946. The highest BCUT2D eigenvalue weighted by Gasteiger charge is 2.19. The molecule has 0 spiro atoms. The lowest BCUT2D eigenvalue weighted by Gasteiger charge is -2.02. The summed E-state index contributed by atoms with van der Waals surface area (Å²) < 4.78 is 12.9. The first-order chi connectivity index (χ1) is 6.43. The van der Waals surface area contributed by atoms with Crippen LogP contribution in [0.3, 0.4) is 0 Å². The van der Waals surface area contributed by atoms with Crippen LogP contribution in [0.25, 0.3) is 0 Å². The van der Waals surface area contributed by atoms with Gasteiger partial charge in [0.05, 0.1) is 5.02 Å². The maximum atomic E-state index is 12.9. The third-order valence-corrected chi connectivity index (χ3v) is 2.00. The molecule has 0 bridgehead atoms. The second-order valence-electron chi connectivity index (χ2n) is 2.72. The Balaban J connectivity index is 3.29. The Morgan fingerprint density at radius 2 is 2.00 bits per heavy atom. The van der Waals surface area contributed by atoms with Crippen molar-refractivity contribution in [2.75, 3.05) is 0 Å². The quantitative estimate of drug-likeness (QED) is 0.608. The van der Waals surface area contributed by atoms with E-state index < -0.39 is 17.6 Å². The first-order valence-corrected chi connectivity index (χ1v) is 4.04. The van der Waals surface area contributed by atoms with Gasteiger partial charge in [-0.15, -0.1) is 0 Å². The maximum Gasteiger partial charge on any atom is 0.377 e. The molecule has 0 saturated carbocycles. The predicted octanol–water partition coefficient (Wildman–Crippen LogP) is 2.05. The zero-order valence-electron chi connectivity index (χ0n) is 7.17. The lowest BCUT2D eigenvalue weighted by atomic mass is 10.1. The third-order valence-electron chi connectivity index (χ3n) is 1.69. The van der Waals surface area contributed by atoms with Gasteiger partial charge in [-0.1, -0.05) is 11.6 Å². The van der Waals surface area contributed by atoms with Gasteiger partial charge in [0.1, 0.15) is 5.82 Å². The minimum absolute atomic E-state index is 0.180. The summed E-state index contributed by atoms with van der Waals surface area (Å²) in [5.41, 5.74) is -0.0166. The molecule has 0 atom stereocenters. The lowest BCUT2D eigenvalue weighted by molar-refractivity contribution is -0.131. The van der Waals surface area contributed by atoms with Crippen LogP contribution in [0.2, 0.25) is 5.02 Å². The van der Waals surface area contributed by atoms with E-state index in [1.807, 2.05) is 0 Å². The Labute approximate surface area is 84.1 Å². The highest BCUT2D eigenvalue weighted by atomic mass is 35.5. The number of carbonyl (C=O) groups is 2. The SMILES string of the molecule is Cc1cc(C(=O)C(=O)O)c(Cl)cc1F. The van der Waals surface area contributed by atoms with E-state index in [4.69, 9.17) is 16.7 Å². The summed E-state index contributed by atoms with van der Waals surface area (Å²) >= 11 is 5.52. The molecule has 1 N–H and O–H groups in total. The molecule has 0 fully saturated rings. The number of hydrogen-bond donors (Lipinski definition) is 1. The molecule has 0 aliphatic carbocycles. The number of aryl methyl sites for hydroxylation is 1. The third kappa shape index (κ3) is 1.90. The molecule has 0 unspecified atom stereocenters. The molecule has 0 heterocycles. The zero-order valence-corrected chi connectivity index (χ0v) is 7.93. The Hall–Kier alpha value is -1.42. The minimum Gasteiger partial charge on any atom is -0.475 e. The number of hydrogen-bond acceptors (Lipinski definition) is 2. The summed E-state index contributed by atoms with van der Waals surface area (Å²) in [6.45, 7) is 1.42. The van der Waals surface area contributed by atoms with Crippen molar-refractivity contribution in [2.24, 2.45) is 0 Å². The smallest absolute Gasteiger partial charge is 0.377 e. The van der Waals surface area contributed by atoms with Crippen LogP contribution in [0.5, 0.6) is 0 Å². The average molecular weight is 217 g/mol. The number of benzene rings is 1. The largest absolute Gasteiger partial charge is 0.475 e. The maximum absolute atomic E-state index is 12.9. The van der Waals surface area contributed by atoms with E-state index >= 15 is 0 Å². The Kier molecular flexibility index (Phi) is 2.86. The molecule has 1 aromatic carbocycles. The van der Waals surface area contributed by atoms with Gasteiger partial charge in [-0.25, -0.2) is 9.18 Å². The van der Waals surface area contributed by atoms with Crippen molar-refractivity contribution in [2.45, 2.75) is 6.92 Å². The molecule has 0 aliphatic heterocycles. The summed E-state index contributed by atoms with van der Waals surface area (Å²) in [7, 11) is 0. The van der Waals surface area contributed by atoms with Crippen LogP contribution >= 0.6 is 11.6 Å². The highest BCUT2D eigenvalue weighted by Crippen LogP contribution is 2.20. The lowest BCUT2D eigenvalue weighted by Crippen LogP contribution is -2.13. The summed E-state index contributed by atoms with van der Waals surface area (Å²) in [6.07, 6.45) is 0. The van der Waals surface area contributed by atoms with E-state index in [2.05, 4.69) is 0 Å². The monoisotopic (exact) mass is 216 g/mol. The van der Waals surface area contributed by atoms with E-state index in [9.17, 15) is 14.0 Å². The van der Waals surface area contributed by atoms with Crippen LogP contribution in [0, 0.1) is 12.7 Å². The van der Waals surface area contributed by atoms with Crippen molar-refractivity contribution in [3.05, 3.63) is 34.1 Å². The van der Waals surface area contributed by atoms with Crippen molar-refractivity contribution < 1.29 is 19.1 Å². The van der Waals surface area contributed by atoms with Crippen LogP contribution in [-0.2, 0) is 4.79 Å². The molecule has 0 radical (unpaired) electrons. The topological polar surface area (TPSA) is 54.4 Å². The summed E-state index contributed by atoms with van der Waals surface area (Å²) in [5.74, 6) is -3.33. The summed E-state index contributed by atoms with van der Waals surface area (Å²) in [5, 5.41) is 8.22. The van der Waals surface area contributed by atoms with Crippen LogP contribution in [0.1, 0.15) is 15.9 Å². The second-order valence-corrected chi connectivity index (χ2v) is 3.12. The van der Waals surface area contributed by atoms with Gasteiger partial charge in [0, 0.05) is 5.56 Å². The Morgan fingerprint density at radius 1 is 1.43 bits per heavy atom. The van der Waals surface area contributed by atoms with Gasteiger partial charge < -0.3 is 5.11 Å². The second kappa shape index (κ2) is 3.75. The van der Waals surface area contributed by atoms with Gasteiger partial charge in [-0.3, -0.25) is 4.79 Å². The van der Waals surface area contributed by atoms with Crippen LogP contribution in [-0.4, -0.2) is 16.9 Å². The van der Waals surface area contributed by atoms with E-state index in [-0.39, 0.29) is 16.1 Å². The van der Waals surface area contributed by atoms with Crippen molar-refractivity contribution in [1.82, 2.24) is 0 Å². The van der Waals surface area contributed by atoms with Crippen LogP contribution in [0.15, 0.2) is 12.1 Å². The molecule has 14 heavy (non-hydrogen) atoms. The molecular formula is C9H6ClFO3. The molecule has 3 nitrogen and oxygen atoms in total. The molecule has 0 saturated heterocycles. The number of Topliss-reactive ketones (excluding diaryl/α,β-unsaturated/α-hetero) is 1. The number of aliphatic carboxylic acids is 1.